The number of nitrogens with one attached hydrogen (secondary N) is 1. The van der Waals surface area contributed by atoms with E-state index >= 15 is 0 Å². The minimum absolute atomic E-state index is 0.575. The van der Waals surface area contributed by atoms with Crippen LogP contribution in [0.15, 0.2) is 30.5 Å². The normalized spacial score (nSPS) is 19.6. The Balaban J connectivity index is 1.53. The van der Waals surface area contributed by atoms with Crippen molar-refractivity contribution in [2.24, 2.45) is 0 Å². The summed E-state index contributed by atoms with van der Waals surface area (Å²) >= 11 is 0. The highest BCUT2D eigenvalue weighted by Gasteiger charge is 2.22. The molecule has 6 nitrogen and oxygen atoms in total. The zero-order valence-corrected chi connectivity index (χ0v) is 14.6. The van der Waals surface area contributed by atoms with Crippen LogP contribution in [0.3, 0.4) is 0 Å². The molecule has 132 valence electrons. The highest BCUT2D eigenvalue weighted by atomic mass is 16.6. The molecule has 2 aliphatic rings. The van der Waals surface area contributed by atoms with Gasteiger partial charge in [-0.15, -0.1) is 0 Å². The van der Waals surface area contributed by atoms with Crippen molar-refractivity contribution < 1.29 is 9.47 Å². The van der Waals surface area contributed by atoms with E-state index < -0.39 is 0 Å². The summed E-state index contributed by atoms with van der Waals surface area (Å²) in [5.41, 5.74) is 0.895. The molecule has 1 unspecified atom stereocenters. The standard InChI is InChI=1S/C19H24N4O2/c1-2-15-5-3-4-10-23(15)18-8-9-20-19(22-18)21-14-6-7-16-17(13-14)25-12-11-24-16/h6-9,13,15H,2-5,10-12H2,1H3,(H,20,21,22). The topological polar surface area (TPSA) is 59.5 Å². The Bertz CT molecular complexity index is 737. The summed E-state index contributed by atoms with van der Waals surface area (Å²) in [7, 11) is 0. The molecule has 0 amide bonds. The Morgan fingerprint density at radius 2 is 2.04 bits per heavy atom. The van der Waals surface area contributed by atoms with Gasteiger partial charge in [0.1, 0.15) is 19.0 Å². The summed E-state index contributed by atoms with van der Waals surface area (Å²) in [5, 5.41) is 3.28. The lowest BCUT2D eigenvalue weighted by atomic mass is 10.0. The number of hydrogen-bond acceptors (Lipinski definition) is 6. The number of nitrogens with zero attached hydrogens (tertiary/aromatic N) is 3. The van der Waals surface area contributed by atoms with Gasteiger partial charge in [-0.25, -0.2) is 4.98 Å². The number of anilines is 3. The third-order valence-electron chi connectivity index (χ3n) is 4.83. The van der Waals surface area contributed by atoms with Gasteiger partial charge in [0.25, 0.3) is 0 Å². The number of hydrogen-bond donors (Lipinski definition) is 1. The third kappa shape index (κ3) is 3.48. The molecule has 0 spiro atoms. The van der Waals surface area contributed by atoms with Crippen molar-refractivity contribution in [3.05, 3.63) is 30.5 Å². The minimum atomic E-state index is 0.575. The van der Waals surface area contributed by atoms with E-state index in [-0.39, 0.29) is 0 Å². The molecular formula is C19H24N4O2. The van der Waals surface area contributed by atoms with Gasteiger partial charge >= 0.3 is 0 Å². The lowest BCUT2D eigenvalue weighted by Crippen LogP contribution is -2.39. The highest BCUT2D eigenvalue weighted by molar-refractivity contribution is 5.61. The molecule has 6 heteroatoms. The van der Waals surface area contributed by atoms with Gasteiger partial charge in [0.05, 0.1) is 0 Å². The van der Waals surface area contributed by atoms with Crippen LogP contribution in [0.25, 0.3) is 0 Å². The molecule has 1 saturated heterocycles. The quantitative estimate of drug-likeness (QED) is 0.914. The van der Waals surface area contributed by atoms with Gasteiger partial charge in [-0.1, -0.05) is 6.92 Å². The Labute approximate surface area is 148 Å². The maximum Gasteiger partial charge on any atom is 0.229 e. The van der Waals surface area contributed by atoms with E-state index in [4.69, 9.17) is 14.5 Å². The number of aromatic nitrogens is 2. The van der Waals surface area contributed by atoms with Crippen LogP contribution in [-0.4, -0.2) is 35.8 Å². The Kier molecular flexibility index (Phi) is 4.59. The average Bonchev–Trinajstić information content (AvgIpc) is 2.68. The number of fused-ring (bicyclic) bond motifs is 1. The maximum atomic E-state index is 5.64. The van der Waals surface area contributed by atoms with Crippen molar-refractivity contribution >= 4 is 17.5 Å². The first-order valence-corrected chi connectivity index (χ1v) is 9.10. The van der Waals surface area contributed by atoms with E-state index in [1.807, 2.05) is 30.5 Å². The van der Waals surface area contributed by atoms with Crippen molar-refractivity contribution in [2.75, 3.05) is 30.0 Å². The minimum Gasteiger partial charge on any atom is -0.486 e. The second-order valence-electron chi connectivity index (χ2n) is 6.47. The largest absolute Gasteiger partial charge is 0.486 e. The molecule has 4 rings (SSSR count). The highest BCUT2D eigenvalue weighted by Crippen LogP contribution is 2.33. The molecule has 25 heavy (non-hydrogen) atoms. The summed E-state index contributed by atoms with van der Waals surface area (Å²) in [6, 6.07) is 8.38. The fourth-order valence-corrected chi connectivity index (χ4v) is 3.55. The van der Waals surface area contributed by atoms with Gasteiger partial charge < -0.3 is 19.7 Å². The predicted octanol–water partition coefficient (Wildman–Crippen LogP) is 3.76. The summed E-state index contributed by atoms with van der Waals surface area (Å²) in [5.74, 6) is 3.15. The Morgan fingerprint density at radius 3 is 2.92 bits per heavy atom. The third-order valence-corrected chi connectivity index (χ3v) is 4.83. The van der Waals surface area contributed by atoms with Crippen molar-refractivity contribution in [3.8, 4) is 11.5 Å². The van der Waals surface area contributed by atoms with Crippen molar-refractivity contribution in [2.45, 2.75) is 38.6 Å². The molecule has 0 bridgehead atoms. The average molecular weight is 340 g/mol. The number of ether oxygens (including phenoxy) is 2. The van der Waals surface area contributed by atoms with Crippen molar-refractivity contribution in [1.29, 1.82) is 0 Å². The molecule has 3 heterocycles. The summed E-state index contributed by atoms with van der Waals surface area (Å²) in [4.78, 5) is 11.5. The van der Waals surface area contributed by atoms with Crippen molar-refractivity contribution in [1.82, 2.24) is 9.97 Å². The molecule has 1 fully saturated rings. The van der Waals surface area contributed by atoms with Gasteiger partial charge in [-0.2, -0.15) is 4.98 Å². The summed E-state index contributed by atoms with van der Waals surface area (Å²) in [6.45, 7) is 4.49. The van der Waals surface area contributed by atoms with Crippen LogP contribution in [0.1, 0.15) is 32.6 Å². The van der Waals surface area contributed by atoms with Crippen LogP contribution in [0.5, 0.6) is 11.5 Å². The van der Waals surface area contributed by atoms with Gasteiger partial charge in [0.2, 0.25) is 5.95 Å². The molecule has 1 atom stereocenters. The Hall–Kier alpha value is -2.50. The summed E-state index contributed by atoms with van der Waals surface area (Å²) < 4.78 is 11.2. The molecule has 1 N–H and O–H groups in total. The van der Waals surface area contributed by atoms with Gasteiger partial charge in [0.15, 0.2) is 11.5 Å². The zero-order valence-electron chi connectivity index (χ0n) is 14.6. The first kappa shape index (κ1) is 16.0. The first-order valence-electron chi connectivity index (χ1n) is 9.10. The van der Waals surface area contributed by atoms with E-state index in [2.05, 4.69) is 22.1 Å². The van der Waals surface area contributed by atoms with E-state index in [0.717, 1.165) is 36.0 Å². The first-order chi connectivity index (χ1) is 12.3. The lowest BCUT2D eigenvalue weighted by Gasteiger charge is -2.36. The number of piperidine rings is 1. The summed E-state index contributed by atoms with van der Waals surface area (Å²) in [6.07, 6.45) is 6.75. The van der Waals surface area contributed by atoms with Crippen LogP contribution in [0.2, 0.25) is 0 Å². The van der Waals surface area contributed by atoms with Crippen LogP contribution >= 0.6 is 0 Å². The number of benzene rings is 1. The molecule has 0 aliphatic carbocycles. The molecule has 0 saturated carbocycles. The van der Waals surface area contributed by atoms with E-state index in [1.165, 1.54) is 19.3 Å². The van der Waals surface area contributed by atoms with Crippen LogP contribution in [0.4, 0.5) is 17.5 Å². The van der Waals surface area contributed by atoms with Crippen LogP contribution < -0.4 is 19.7 Å². The molecule has 1 aromatic heterocycles. The van der Waals surface area contributed by atoms with Crippen molar-refractivity contribution in [3.63, 3.8) is 0 Å². The molecule has 2 aliphatic heterocycles. The molecule has 1 aromatic carbocycles. The SMILES string of the molecule is CCC1CCCCN1c1ccnc(Nc2ccc3c(c2)OCCO3)n1. The lowest BCUT2D eigenvalue weighted by molar-refractivity contribution is 0.171. The Morgan fingerprint density at radius 1 is 1.16 bits per heavy atom. The zero-order chi connectivity index (χ0) is 17.1. The monoisotopic (exact) mass is 340 g/mol. The molecular weight excluding hydrogens is 316 g/mol. The smallest absolute Gasteiger partial charge is 0.229 e. The van der Waals surface area contributed by atoms with Crippen LogP contribution in [0, 0.1) is 0 Å². The molecule has 0 radical (unpaired) electrons. The fraction of sp³-hybridized carbons (Fsp3) is 0.474. The van der Waals surface area contributed by atoms with Gasteiger partial charge in [-0.05, 0) is 43.9 Å². The fourth-order valence-electron chi connectivity index (χ4n) is 3.55. The van der Waals surface area contributed by atoms with Gasteiger partial charge in [0, 0.05) is 30.5 Å². The second kappa shape index (κ2) is 7.17. The van der Waals surface area contributed by atoms with E-state index in [0.29, 0.717) is 25.2 Å². The second-order valence-corrected chi connectivity index (χ2v) is 6.47. The molecule has 2 aromatic rings. The van der Waals surface area contributed by atoms with E-state index in [1.54, 1.807) is 0 Å². The maximum absolute atomic E-state index is 5.64. The van der Waals surface area contributed by atoms with E-state index in [9.17, 15) is 0 Å². The van der Waals surface area contributed by atoms with Crippen LogP contribution in [-0.2, 0) is 0 Å². The van der Waals surface area contributed by atoms with Gasteiger partial charge in [-0.3, -0.25) is 0 Å². The number of rotatable bonds is 4. The predicted molar refractivity (Wildman–Crippen MR) is 98.0 cm³/mol.